The second kappa shape index (κ2) is 3.66. The van der Waals surface area contributed by atoms with Crippen LogP contribution in [-0.4, -0.2) is 17.1 Å². The maximum absolute atomic E-state index is 11.2. The first kappa shape index (κ1) is 10.5. The number of hydrogen-bond acceptors (Lipinski definition) is 2. The van der Waals surface area contributed by atoms with Crippen LogP contribution in [-0.2, 0) is 4.79 Å². The molecule has 0 saturated heterocycles. The number of carbonyl (C=O) groups is 1. The van der Waals surface area contributed by atoms with Crippen LogP contribution in [0.2, 0.25) is 0 Å². The molecule has 3 atom stereocenters. The van der Waals surface area contributed by atoms with Crippen LogP contribution >= 0.6 is 0 Å². The van der Waals surface area contributed by atoms with Crippen molar-refractivity contribution in [3.05, 3.63) is 0 Å². The smallest absolute Gasteiger partial charge is 0.311 e. The second-order valence-corrected chi connectivity index (χ2v) is 4.18. The third kappa shape index (κ3) is 1.46. The van der Waals surface area contributed by atoms with Gasteiger partial charge in [-0.3, -0.25) is 4.79 Å². The molecule has 0 aromatic carbocycles. The first-order valence-corrected chi connectivity index (χ1v) is 5.04. The molecule has 0 aromatic heterocycles. The van der Waals surface area contributed by atoms with Gasteiger partial charge in [0.1, 0.15) is 0 Å². The predicted octanol–water partition coefficient (Wildman–Crippen LogP) is 1.61. The summed E-state index contributed by atoms with van der Waals surface area (Å²) in [6, 6.07) is -0.168. The van der Waals surface area contributed by atoms with Gasteiger partial charge in [-0.2, -0.15) is 0 Å². The van der Waals surface area contributed by atoms with Crippen molar-refractivity contribution in [1.29, 1.82) is 0 Å². The molecule has 0 heterocycles. The zero-order valence-corrected chi connectivity index (χ0v) is 8.42. The molecular formula is C10H19NO2. The molecule has 1 rings (SSSR count). The fourth-order valence-electron chi connectivity index (χ4n) is 2.34. The van der Waals surface area contributed by atoms with E-state index in [1.54, 1.807) is 0 Å². The highest BCUT2D eigenvalue weighted by molar-refractivity contribution is 5.77. The zero-order valence-electron chi connectivity index (χ0n) is 8.42. The summed E-state index contributed by atoms with van der Waals surface area (Å²) in [4.78, 5) is 11.2. The van der Waals surface area contributed by atoms with E-state index in [4.69, 9.17) is 5.73 Å². The van der Waals surface area contributed by atoms with Gasteiger partial charge in [-0.25, -0.2) is 0 Å². The normalized spacial score (nSPS) is 35.2. The van der Waals surface area contributed by atoms with Gasteiger partial charge >= 0.3 is 5.97 Å². The van der Waals surface area contributed by atoms with Gasteiger partial charge in [0.2, 0.25) is 0 Å². The van der Waals surface area contributed by atoms with Gasteiger partial charge in [-0.1, -0.05) is 20.3 Å². The Hall–Kier alpha value is -0.570. The molecule has 3 nitrogen and oxygen atoms in total. The van der Waals surface area contributed by atoms with Gasteiger partial charge in [0.15, 0.2) is 0 Å². The summed E-state index contributed by atoms with van der Waals surface area (Å²) in [6.45, 7) is 4.03. The monoisotopic (exact) mass is 185 g/mol. The van der Waals surface area contributed by atoms with E-state index < -0.39 is 11.4 Å². The van der Waals surface area contributed by atoms with E-state index in [1.807, 2.05) is 13.8 Å². The maximum atomic E-state index is 11.2. The molecule has 0 amide bonds. The van der Waals surface area contributed by atoms with Crippen LogP contribution in [0.25, 0.3) is 0 Å². The van der Waals surface area contributed by atoms with E-state index in [2.05, 4.69) is 0 Å². The predicted molar refractivity (Wildman–Crippen MR) is 51.4 cm³/mol. The number of nitrogens with two attached hydrogens (primary N) is 1. The Balaban J connectivity index is 2.73. The van der Waals surface area contributed by atoms with Crippen molar-refractivity contribution < 1.29 is 9.90 Å². The average Bonchev–Trinajstić information content (AvgIpc) is 2.02. The topological polar surface area (TPSA) is 63.3 Å². The summed E-state index contributed by atoms with van der Waals surface area (Å²) in [5.41, 5.74) is 5.32. The number of rotatable bonds is 4. The molecule has 3 unspecified atom stereocenters. The van der Waals surface area contributed by atoms with Gasteiger partial charge in [-0.15, -0.1) is 0 Å². The van der Waals surface area contributed by atoms with E-state index in [0.717, 1.165) is 25.7 Å². The third-order valence-electron chi connectivity index (χ3n) is 3.53. The van der Waals surface area contributed by atoms with Crippen LogP contribution in [0.15, 0.2) is 0 Å². The summed E-state index contributed by atoms with van der Waals surface area (Å²) in [5, 5.41) is 9.17. The molecule has 1 fully saturated rings. The first-order chi connectivity index (χ1) is 6.05. The van der Waals surface area contributed by atoms with E-state index in [0.29, 0.717) is 0 Å². The Bertz CT molecular complexity index is 205. The Labute approximate surface area is 79.3 Å². The highest BCUT2D eigenvalue weighted by atomic mass is 16.4. The van der Waals surface area contributed by atoms with Gasteiger partial charge in [0, 0.05) is 6.04 Å². The lowest BCUT2D eigenvalue weighted by Crippen LogP contribution is -2.57. The minimum atomic E-state index is -0.702. The summed E-state index contributed by atoms with van der Waals surface area (Å²) in [5.74, 6) is -0.459. The highest BCUT2D eigenvalue weighted by Crippen LogP contribution is 2.49. The van der Waals surface area contributed by atoms with E-state index >= 15 is 0 Å². The molecule has 76 valence electrons. The molecule has 0 aromatic rings. The van der Waals surface area contributed by atoms with Crippen LogP contribution in [0.1, 0.15) is 39.5 Å². The first-order valence-electron chi connectivity index (χ1n) is 5.04. The maximum Gasteiger partial charge on any atom is 0.311 e. The summed E-state index contributed by atoms with van der Waals surface area (Å²) < 4.78 is 0. The van der Waals surface area contributed by atoms with Crippen LogP contribution in [0.4, 0.5) is 0 Å². The van der Waals surface area contributed by atoms with Crippen LogP contribution < -0.4 is 5.73 Å². The van der Waals surface area contributed by atoms with Gasteiger partial charge in [0.25, 0.3) is 0 Å². The lowest BCUT2D eigenvalue weighted by atomic mass is 9.56. The molecule has 0 aliphatic heterocycles. The van der Waals surface area contributed by atoms with E-state index in [-0.39, 0.29) is 12.0 Å². The van der Waals surface area contributed by atoms with Crippen LogP contribution in [0.5, 0.6) is 0 Å². The van der Waals surface area contributed by atoms with Crippen LogP contribution in [0, 0.1) is 11.3 Å². The number of carboxylic acid groups (broad SMARTS) is 1. The lowest BCUT2D eigenvalue weighted by Gasteiger charge is -2.48. The highest BCUT2D eigenvalue weighted by Gasteiger charge is 2.54. The number of carboxylic acids is 1. The quantitative estimate of drug-likeness (QED) is 0.699. The molecule has 0 bridgehead atoms. The summed E-state index contributed by atoms with van der Waals surface area (Å²) in [6.07, 6.45) is 3.54. The van der Waals surface area contributed by atoms with Crippen molar-refractivity contribution in [1.82, 2.24) is 0 Å². The van der Waals surface area contributed by atoms with E-state index in [9.17, 15) is 9.90 Å². The Kier molecular flexibility index (Phi) is 2.96. The van der Waals surface area contributed by atoms with Crippen LogP contribution in [0.3, 0.4) is 0 Å². The number of aliphatic carboxylic acids is 1. The molecule has 3 heteroatoms. The van der Waals surface area contributed by atoms with E-state index in [1.165, 1.54) is 0 Å². The second-order valence-electron chi connectivity index (χ2n) is 4.18. The standard InChI is InChI=1S/C10H19NO2/c1-3-4-8(11)10(9(12)13)6-5-7(10)2/h7-8H,3-6,11H2,1-2H3,(H,12,13). The minimum Gasteiger partial charge on any atom is -0.481 e. The Morgan fingerprint density at radius 2 is 2.38 bits per heavy atom. The molecule has 3 N–H and O–H groups in total. The minimum absolute atomic E-state index is 0.168. The molecule has 0 spiro atoms. The fourth-order valence-corrected chi connectivity index (χ4v) is 2.34. The average molecular weight is 185 g/mol. The molecule has 0 radical (unpaired) electrons. The largest absolute Gasteiger partial charge is 0.481 e. The molecular weight excluding hydrogens is 166 g/mol. The Morgan fingerprint density at radius 3 is 2.62 bits per heavy atom. The van der Waals surface area contributed by atoms with Gasteiger partial charge < -0.3 is 10.8 Å². The molecule has 13 heavy (non-hydrogen) atoms. The molecule has 1 aliphatic carbocycles. The summed E-state index contributed by atoms with van der Waals surface area (Å²) >= 11 is 0. The van der Waals surface area contributed by atoms with Crippen molar-refractivity contribution in [2.45, 2.75) is 45.6 Å². The summed E-state index contributed by atoms with van der Waals surface area (Å²) in [7, 11) is 0. The van der Waals surface area contributed by atoms with Gasteiger partial charge in [-0.05, 0) is 25.2 Å². The fraction of sp³-hybridized carbons (Fsp3) is 0.900. The van der Waals surface area contributed by atoms with Crippen molar-refractivity contribution in [2.75, 3.05) is 0 Å². The number of hydrogen-bond donors (Lipinski definition) is 2. The molecule has 1 saturated carbocycles. The Morgan fingerprint density at radius 1 is 1.77 bits per heavy atom. The van der Waals surface area contributed by atoms with Crippen molar-refractivity contribution >= 4 is 5.97 Å². The van der Waals surface area contributed by atoms with Gasteiger partial charge in [0.05, 0.1) is 5.41 Å². The lowest BCUT2D eigenvalue weighted by molar-refractivity contribution is -0.163. The molecule has 1 aliphatic rings. The SMILES string of the molecule is CCCC(N)C1(C(=O)O)CCC1C. The van der Waals surface area contributed by atoms with Crippen molar-refractivity contribution in [2.24, 2.45) is 17.1 Å². The van der Waals surface area contributed by atoms with Crippen molar-refractivity contribution in [3.8, 4) is 0 Å². The third-order valence-corrected chi connectivity index (χ3v) is 3.53. The zero-order chi connectivity index (χ0) is 10.1. The van der Waals surface area contributed by atoms with Crippen molar-refractivity contribution in [3.63, 3.8) is 0 Å².